The summed E-state index contributed by atoms with van der Waals surface area (Å²) in [6.07, 6.45) is 1.94. The molecular formula is C21H17N3O3S. The summed E-state index contributed by atoms with van der Waals surface area (Å²) in [5.74, 6) is -0.605. The number of hydrogen-bond acceptors (Lipinski definition) is 6. The number of esters is 1. The van der Waals surface area contributed by atoms with E-state index in [1.54, 1.807) is 19.1 Å². The molecule has 0 fully saturated rings. The molecule has 28 heavy (non-hydrogen) atoms. The maximum Gasteiger partial charge on any atom is 0.337 e. The van der Waals surface area contributed by atoms with Gasteiger partial charge in [0.1, 0.15) is 0 Å². The summed E-state index contributed by atoms with van der Waals surface area (Å²) in [4.78, 5) is 25.9. The summed E-state index contributed by atoms with van der Waals surface area (Å²) < 4.78 is 4.81. The van der Waals surface area contributed by atoms with E-state index in [1.807, 2.05) is 42.5 Å². The molecule has 0 unspecified atom stereocenters. The lowest BCUT2D eigenvalue weighted by Crippen LogP contribution is -2.18. The predicted octanol–water partition coefficient (Wildman–Crippen LogP) is 3.79. The summed E-state index contributed by atoms with van der Waals surface area (Å²) in [6, 6.07) is 15.2. The number of carbonyl (C=O) groups is 2. The van der Waals surface area contributed by atoms with Crippen molar-refractivity contribution in [2.75, 3.05) is 12.4 Å². The summed E-state index contributed by atoms with van der Waals surface area (Å²) in [7, 11) is 1.36. The maximum atomic E-state index is 12.2. The average molecular weight is 391 g/mol. The largest absolute Gasteiger partial charge is 0.465 e. The number of methoxy groups -OCH3 is 1. The minimum Gasteiger partial charge on any atom is -0.465 e. The van der Waals surface area contributed by atoms with Crippen molar-refractivity contribution in [3.63, 3.8) is 0 Å². The van der Waals surface area contributed by atoms with Crippen LogP contribution in [0.1, 0.15) is 22.8 Å². The second kappa shape index (κ2) is 7.36. The fraction of sp³-hybridized carbons (Fsp3) is 0.0952. The predicted molar refractivity (Wildman–Crippen MR) is 110 cm³/mol. The third-order valence-electron chi connectivity index (χ3n) is 4.40. The van der Waals surface area contributed by atoms with Crippen LogP contribution in [0, 0.1) is 0 Å². The zero-order valence-corrected chi connectivity index (χ0v) is 16.1. The van der Waals surface area contributed by atoms with Gasteiger partial charge in [-0.15, -0.1) is 0 Å². The van der Waals surface area contributed by atoms with Crippen molar-refractivity contribution >= 4 is 39.9 Å². The molecule has 0 aromatic heterocycles. The number of nitrogens with zero attached hydrogens (tertiary/aromatic N) is 1. The maximum absolute atomic E-state index is 12.2. The summed E-state index contributed by atoms with van der Waals surface area (Å²) in [5.41, 5.74) is 6.78. The van der Waals surface area contributed by atoms with Crippen LogP contribution >= 0.6 is 11.8 Å². The number of fused-ring (bicyclic) bond motifs is 1. The second-order valence-corrected chi connectivity index (χ2v) is 7.34. The van der Waals surface area contributed by atoms with Gasteiger partial charge in [0.05, 0.1) is 29.7 Å². The number of anilines is 1. The fourth-order valence-electron chi connectivity index (χ4n) is 3.08. The molecule has 6 nitrogen and oxygen atoms in total. The highest BCUT2D eigenvalue weighted by atomic mass is 32.2. The number of hydrogen-bond donors (Lipinski definition) is 2. The number of nitrogens with one attached hydrogen (secondary N) is 2. The molecule has 0 saturated carbocycles. The van der Waals surface area contributed by atoms with Crippen molar-refractivity contribution < 1.29 is 14.3 Å². The Labute approximate surface area is 166 Å². The molecule has 2 aliphatic rings. The van der Waals surface area contributed by atoms with Gasteiger partial charge in [0.25, 0.3) is 5.91 Å². The van der Waals surface area contributed by atoms with Crippen molar-refractivity contribution in [2.24, 2.45) is 5.10 Å². The lowest BCUT2D eigenvalue weighted by Gasteiger charge is -2.22. The van der Waals surface area contributed by atoms with Crippen LogP contribution in [0.5, 0.6) is 0 Å². The molecule has 2 N–H and O–H groups in total. The van der Waals surface area contributed by atoms with Crippen molar-refractivity contribution in [3.8, 4) is 0 Å². The number of carbonyl (C=O) groups excluding carboxylic acids is 2. The van der Waals surface area contributed by atoms with Gasteiger partial charge < -0.3 is 10.1 Å². The van der Waals surface area contributed by atoms with E-state index in [4.69, 9.17) is 4.74 Å². The molecule has 0 aliphatic carbocycles. The molecule has 1 amide bonds. The van der Waals surface area contributed by atoms with Crippen LogP contribution in [0.2, 0.25) is 0 Å². The van der Waals surface area contributed by atoms with Crippen molar-refractivity contribution in [3.05, 3.63) is 77.0 Å². The Balaban J connectivity index is 1.77. The molecule has 2 aliphatic heterocycles. The SMILES string of the molecule is COC(=O)c1cccc(SC2=C/C(=C3/C(=O)NN=C3C)Nc3ccccc32)c1. The van der Waals surface area contributed by atoms with Gasteiger partial charge in [0.2, 0.25) is 0 Å². The lowest BCUT2D eigenvalue weighted by atomic mass is 10.0. The smallest absolute Gasteiger partial charge is 0.337 e. The summed E-state index contributed by atoms with van der Waals surface area (Å²) in [6.45, 7) is 1.79. The zero-order valence-electron chi connectivity index (χ0n) is 15.3. The van der Waals surface area contributed by atoms with E-state index in [0.717, 1.165) is 21.1 Å². The Bertz CT molecular complexity index is 1090. The summed E-state index contributed by atoms with van der Waals surface area (Å²) >= 11 is 1.52. The van der Waals surface area contributed by atoms with E-state index in [0.29, 0.717) is 22.5 Å². The number of thioether (sulfide) groups is 1. The Morgan fingerprint density at radius 3 is 2.71 bits per heavy atom. The molecule has 7 heteroatoms. The first-order valence-electron chi connectivity index (χ1n) is 8.60. The van der Waals surface area contributed by atoms with Crippen molar-refractivity contribution in [1.82, 2.24) is 5.43 Å². The minimum atomic E-state index is -0.376. The normalized spacial score (nSPS) is 17.9. The number of rotatable bonds is 3. The van der Waals surface area contributed by atoms with Gasteiger partial charge in [-0.1, -0.05) is 36.0 Å². The highest BCUT2D eigenvalue weighted by Gasteiger charge is 2.26. The molecule has 0 saturated heterocycles. The average Bonchev–Trinajstić information content (AvgIpc) is 3.05. The third kappa shape index (κ3) is 3.32. The van der Waals surface area contributed by atoms with Crippen LogP contribution in [-0.2, 0) is 9.53 Å². The van der Waals surface area contributed by atoms with E-state index < -0.39 is 0 Å². The molecule has 2 aromatic carbocycles. The lowest BCUT2D eigenvalue weighted by molar-refractivity contribution is -0.116. The molecule has 2 heterocycles. The van der Waals surface area contributed by atoms with E-state index in [2.05, 4.69) is 15.8 Å². The Morgan fingerprint density at radius 2 is 1.96 bits per heavy atom. The molecule has 0 spiro atoms. The molecule has 2 aromatic rings. The number of hydrazone groups is 1. The van der Waals surface area contributed by atoms with E-state index in [9.17, 15) is 9.59 Å². The van der Waals surface area contributed by atoms with Gasteiger partial charge in [0, 0.05) is 21.1 Å². The monoisotopic (exact) mass is 391 g/mol. The standard InChI is InChI=1S/C21H17N3O3S/c1-12-19(20(25)24-23-12)17-11-18(15-8-3-4-9-16(15)22-17)28-14-7-5-6-13(10-14)21(26)27-2/h3-11,22H,1-2H3,(H,24,25)/b19-17-. The van der Waals surface area contributed by atoms with Crippen molar-refractivity contribution in [1.29, 1.82) is 0 Å². The van der Waals surface area contributed by atoms with Crippen LogP contribution < -0.4 is 10.7 Å². The van der Waals surface area contributed by atoms with Gasteiger partial charge in [-0.2, -0.15) is 5.10 Å². The Hall–Kier alpha value is -3.32. The minimum absolute atomic E-state index is 0.229. The molecular weight excluding hydrogens is 374 g/mol. The molecule has 0 bridgehead atoms. The second-order valence-electron chi connectivity index (χ2n) is 6.23. The zero-order chi connectivity index (χ0) is 19.7. The first kappa shape index (κ1) is 18.1. The van der Waals surface area contributed by atoms with Crippen LogP contribution in [0.25, 0.3) is 4.91 Å². The number of amides is 1. The Kier molecular flexibility index (Phi) is 4.75. The van der Waals surface area contributed by atoms with Crippen LogP contribution in [0.4, 0.5) is 5.69 Å². The van der Waals surface area contributed by atoms with Crippen LogP contribution in [-0.4, -0.2) is 24.7 Å². The van der Waals surface area contributed by atoms with E-state index in [1.165, 1.54) is 18.9 Å². The fourth-order valence-corrected chi connectivity index (χ4v) is 4.13. The van der Waals surface area contributed by atoms with Gasteiger partial charge in [0.15, 0.2) is 0 Å². The third-order valence-corrected chi connectivity index (χ3v) is 5.45. The number of allylic oxidation sites excluding steroid dienone is 1. The molecule has 0 atom stereocenters. The van der Waals surface area contributed by atoms with Gasteiger partial charge in [-0.25, -0.2) is 10.2 Å². The van der Waals surface area contributed by atoms with Crippen LogP contribution in [0.3, 0.4) is 0 Å². The number of para-hydroxylation sites is 1. The topological polar surface area (TPSA) is 79.8 Å². The molecule has 0 radical (unpaired) electrons. The number of ether oxygens (including phenoxy) is 1. The quantitative estimate of drug-likeness (QED) is 0.615. The highest BCUT2D eigenvalue weighted by molar-refractivity contribution is 8.08. The van der Waals surface area contributed by atoms with E-state index in [-0.39, 0.29) is 11.9 Å². The van der Waals surface area contributed by atoms with Crippen molar-refractivity contribution in [2.45, 2.75) is 11.8 Å². The molecule has 4 rings (SSSR count). The highest BCUT2D eigenvalue weighted by Crippen LogP contribution is 2.42. The van der Waals surface area contributed by atoms with Gasteiger partial charge in [-0.05, 0) is 37.3 Å². The summed E-state index contributed by atoms with van der Waals surface area (Å²) in [5, 5.41) is 7.34. The number of benzene rings is 2. The Morgan fingerprint density at radius 1 is 1.14 bits per heavy atom. The van der Waals surface area contributed by atoms with E-state index >= 15 is 0 Å². The molecule has 140 valence electrons. The van der Waals surface area contributed by atoms with Crippen LogP contribution in [0.15, 0.2) is 75.9 Å². The first-order valence-corrected chi connectivity index (χ1v) is 9.42. The first-order chi connectivity index (χ1) is 13.6. The van der Waals surface area contributed by atoms with Gasteiger partial charge >= 0.3 is 5.97 Å². The van der Waals surface area contributed by atoms with Gasteiger partial charge in [-0.3, -0.25) is 4.79 Å².